The maximum atomic E-state index is 12.0. The lowest BCUT2D eigenvalue weighted by molar-refractivity contribution is -0.130. The van der Waals surface area contributed by atoms with Crippen molar-refractivity contribution in [3.8, 4) is 0 Å². The van der Waals surface area contributed by atoms with E-state index in [1.807, 2.05) is 0 Å². The topological polar surface area (TPSA) is 73.2 Å². The number of nitrogens with zero attached hydrogens (tertiary/aromatic N) is 2. The van der Waals surface area contributed by atoms with Gasteiger partial charge in [-0.05, 0) is 44.1 Å². The molecular formula is C15H21N3O3. The predicted octanol–water partition coefficient (Wildman–Crippen LogP) is 0.417. The Kier molecular flexibility index (Phi) is 4.34. The molecule has 1 fully saturated rings. The molecule has 0 spiro atoms. The van der Waals surface area contributed by atoms with Crippen molar-refractivity contribution in [3.05, 3.63) is 27.7 Å². The molecule has 1 unspecified atom stereocenters. The quantitative estimate of drug-likeness (QED) is 0.872. The smallest absolute Gasteiger partial charge is 0.267 e. The zero-order valence-electron chi connectivity index (χ0n) is 12.1. The Balaban J connectivity index is 1.57. The molecule has 1 saturated heterocycles. The molecule has 0 saturated carbocycles. The lowest BCUT2D eigenvalue weighted by Gasteiger charge is -2.16. The van der Waals surface area contributed by atoms with E-state index >= 15 is 0 Å². The summed E-state index contributed by atoms with van der Waals surface area (Å²) < 4.78 is 6.78. The predicted molar refractivity (Wildman–Crippen MR) is 77.1 cm³/mol. The minimum absolute atomic E-state index is 0.0815. The van der Waals surface area contributed by atoms with Crippen LogP contribution in [0.4, 0.5) is 0 Å². The van der Waals surface area contributed by atoms with E-state index in [0.29, 0.717) is 19.7 Å². The van der Waals surface area contributed by atoms with Crippen LogP contribution in [0.2, 0.25) is 0 Å². The van der Waals surface area contributed by atoms with Gasteiger partial charge in [0.1, 0.15) is 6.10 Å². The van der Waals surface area contributed by atoms with Gasteiger partial charge in [-0.25, -0.2) is 4.68 Å². The molecule has 3 rings (SSSR count). The number of carbonyl (C=O) groups is 1. The normalized spacial score (nSPS) is 21.0. The first kappa shape index (κ1) is 14.3. The monoisotopic (exact) mass is 291 g/mol. The van der Waals surface area contributed by atoms with E-state index in [4.69, 9.17) is 4.74 Å². The van der Waals surface area contributed by atoms with E-state index in [9.17, 15) is 9.59 Å². The van der Waals surface area contributed by atoms with Crippen LogP contribution in [0.15, 0.2) is 10.9 Å². The molecule has 0 bridgehead atoms. The second-order valence-electron chi connectivity index (χ2n) is 5.68. The standard InChI is InChI=1S/C15H21N3O3/c19-14-10-11-4-1-2-5-12(11)17-18(14)8-7-16-15(20)13-6-3-9-21-13/h10,13H,1-9H2,(H,16,20). The highest BCUT2D eigenvalue weighted by molar-refractivity contribution is 5.80. The number of nitrogens with one attached hydrogen (secondary N) is 1. The Morgan fingerprint density at radius 3 is 3.05 bits per heavy atom. The summed E-state index contributed by atoms with van der Waals surface area (Å²) >= 11 is 0. The molecule has 2 aliphatic rings. The number of amides is 1. The fraction of sp³-hybridized carbons (Fsp3) is 0.667. The molecule has 2 heterocycles. The second kappa shape index (κ2) is 6.39. The molecule has 0 radical (unpaired) electrons. The molecule has 114 valence electrons. The summed E-state index contributed by atoms with van der Waals surface area (Å²) in [5.74, 6) is -0.0847. The summed E-state index contributed by atoms with van der Waals surface area (Å²) in [5.41, 5.74) is 2.04. The second-order valence-corrected chi connectivity index (χ2v) is 5.68. The van der Waals surface area contributed by atoms with Gasteiger partial charge in [0, 0.05) is 19.2 Å². The van der Waals surface area contributed by atoms with Crippen molar-refractivity contribution in [2.75, 3.05) is 13.2 Å². The van der Waals surface area contributed by atoms with Crippen LogP contribution < -0.4 is 10.9 Å². The van der Waals surface area contributed by atoms with Crippen LogP contribution in [0.1, 0.15) is 36.9 Å². The summed E-state index contributed by atoms with van der Waals surface area (Å²) in [6.45, 7) is 1.47. The van der Waals surface area contributed by atoms with Crippen molar-refractivity contribution in [3.63, 3.8) is 0 Å². The molecular weight excluding hydrogens is 270 g/mol. The number of fused-ring (bicyclic) bond motifs is 1. The highest BCUT2D eigenvalue weighted by Crippen LogP contribution is 2.16. The van der Waals surface area contributed by atoms with Crippen molar-refractivity contribution in [2.24, 2.45) is 0 Å². The van der Waals surface area contributed by atoms with Gasteiger partial charge in [-0.1, -0.05) is 0 Å². The number of rotatable bonds is 4. The number of hydrogen-bond acceptors (Lipinski definition) is 4. The molecule has 1 aliphatic heterocycles. The summed E-state index contributed by atoms with van der Waals surface area (Å²) in [4.78, 5) is 23.8. The third-order valence-electron chi connectivity index (χ3n) is 4.12. The lowest BCUT2D eigenvalue weighted by Crippen LogP contribution is -2.38. The Bertz CT molecular complexity index is 576. The Labute approximate surface area is 123 Å². The van der Waals surface area contributed by atoms with Gasteiger partial charge in [-0.2, -0.15) is 5.10 Å². The van der Waals surface area contributed by atoms with Crippen molar-refractivity contribution in [1.29, 1.82) is 0 Å². The summed E-state index contributed by atoms with van der Waals surface area (Å²) in [7, 11) is 0. The molecule has 0 aromatic carbocycles. The first-order chi connectivity index (χ1) is 10.2. The van der Waals surface area contributed by atoms with E-state index in [2.05, 4.69) is 10.4 Å². The maximum absolute atomic E-state index is 12.0. The number of ether oxygens (including phenoxy) is 1. The van der Waals surface area contributed by atoms with Crippen LogP contribution in [0.5, 0.6) is 0 Å². The van der Waals surface area contributed by atoms with E-state index in [1.165, 1.54) is 4.68 Å². The van der Waals surface area contributed by atoms with Crippen LogP contribution >= 0.6 is 0 Å². The zero-order valence-corrected chi connectivity index (χ0v) is 12.1. The van der Waals surface area contributed by atoms with Gasteiger partial charge < -0.3 is 10.1 Å². The van der Waals surface area contributed by atoms with E-state index in [-0.39, 0.29) is 17.6 Å². The fourth-order valence-electron chi connectivity index (χ4n) is 2.94. The average Bonchev–Trinajstić information content (AvgIpc) is 3.02. The number of carbonyl (C=O) groups excluding carboxylic acids is 1. The largest absolute Gasteiger partial charge is 0.368 e. The summed E-state index contributed by atoms with van der Waals surface area (Å²) in [5, 5.41) is 7.25. The van der Waals surface area contributed by atoms with Crippen LogP contribution in [-0.2, 0) is 28.9 Å². The Hall–Kier alpha value is -1.69. The van der Waals surface area contributed by atoms with Crippen molar-refractivity contribution >= 4 is 5.91 Å². The molecule has 21 heavy (non-hydrogen) atoms. The minimum Gasteiger partial charge on any atom is -0.368 e. The van der Waals surface area contributed by atoms with Gasteiger partial charge in [0.25, 0.3) is 5.56 Å². The summed E-state index contributed by atoms with van der Waals surface area (Å²) in [6, 6.07) is 1.70. The van der Waals surface area contributed by atoms with E-state index in [1.54, 1.807) is 6.07 Å². The molecule has 1 aliphatic carbocycles. The minimum atomic E-state index is -0.321. The van der Waals surface area contributed by atoms with Crippen LogP contribution in [-0.4, -0.2) is 34.9 Å². The lowest BCUT2D eigenvalue weighted by atomic mass is 9.97. The third-order valence-corrected chi connectivity index (χ3v) is 4.12. The van der Waals surface area contributed by atoms with Gasteiger partial charge in [0.05, 0.1) is 12.2 Å². The first-order valence-electron chi connectivity index (χ1n) is 7.73. The van der Waals surface area contributed by atoms with Crippen molar-refractivity contribution < 1.29 is 9.53 Å². The van der Waals surface area contributed by atoms with Gasteiger partial charge >= 0.3 is 0 Å². The van der Waals surface area contributed by atoms with Crippen LogP contribution in [0, 0.1) is 0 Å². The highest BCUT2D eigenvalue weighted by atomic mass is 16.5. The van der Waals surface area contributed by atoms with Crippen molar-refractivity contribution in [2.45, 2.75) is 51.2 Å². The molecule has 1 aromatic heterocycles. The number of aryl methyl sites for hydroxylation is 2. The zero-order chi connectivity index (χ0) is 14.7. The van der Waals surface area contributed by atoms with Crippen molar-refractivity contribution in [1.82, 2.24) is 15.1 Å². The van der Waals surface area contributed by atoms with E-state index < -0.39 is 0 Å². The Morgan fingerprint density at radius 2 is 2.24 bits per heavy atom. The first-order valence-corrected chi connectivity index (χ1v) is 7.73. The third kappa shape index (κ3) is 3.32. The van der Waals surface area contributed by atoms with Gasteiger partial charge in [0.15, 0.2) is 0 Å². The molecule has 6 nitrogen and oxygen atoms in total. The summed E-state index contributed by atoms with van der Waals surface area (Å²) in [6.07, 6.45) is 5.56. The SMILES string of the molecule is O=C(NCCn1nc2c(cc1=O)CCCC2)C1CCCO1. The van der Waals surface area contributed by atoms with Gasteiger partial charge in [0.2, 0.25) is 5.91 Å². The molecule has 1 aromatic rings. The molecule has 1 atom stereocenters. The average molecular weight is 291 g/mol. The number of hydrogen-bond donors (Lipinski definition) is 1. The number of aromatic nitrogens is 2. The van der Waals surface area contributed by atoms with Gasteiger partial charge in [-0.15, -0.1) is 0 Å². The van der Waals surface area contributed by atoms with Crippen LogP contribution in [0.3, 0.4) is 0 Å². The molecule has 1 N–H and O–H groups in total. The fourth-order valence-corrected chi connectivity index (χ4v) is 2.94. The van der Waals surface area contributed by atoms with Gasteiger partial charge in [-0.3, -0.25) is 9.59 Å². The Morgan fingerprint density at radius 1 is 1.38 bits per heavy atom. The maximum Gasteiger partial charge on any atom is 0.267 e. The molecule has 1 amide bonds. The van der Waals surface area contributed by atoms with Crippen LogP contribution in [0.25, 0.3) is 0 Å². The van der Waals surface area contributed by atoms with E-state index in [0.717, 1.165) is 49.8 Å². The highest BCUT2D eigenvalue weighted by Gasteiger charge is 2.23. The molecule has 6 heteroatoms.